The molecule has 0 spiro atoms. The Labute approximate surface area is 71.0 Å². The maximum Gasteiger partial charge on any atom is 0.143 e. The smallest absolute Gasteiger partial charge is 0.143 e. The molecule has 4 nitrogen and oxygen atoms in total. The van der Waals surface area contributed by atoms with Crippen LogP contribution in [-0.2, 0) is 0 Å². The zero-order valence-electron chi connectivity index (χ0n) is 5.50. The zero-order chi connectivity index (χ0) is 7.84. The molecule has 11 heavy (non-hydrogen) atoms. The van der Waals surface area contributed by atoms with Crippen LogP contribution in [0.2, 0.25) is 0 Å². The van der Waals surface area contributed by atoms with Crippen LogP contribution in [0.4, 0.5) is 5.82 Å². The standard InChI is InChI=1S/C6H5BrN4/c7-4-1-3-5(8)9-2-10-6(3)11-4/h1-2H,(H3,8,9,10,11). The van der Waals surface area contributed by atoms with Crippen LogP contribution in [0.15, 0.2) is 17.0 Å². The van der Waals surface area contributed by atoms with Crippen molar-refractivity contribution in [3.8, 4) is 0 Å². The number of hydrogen-bond donors (Lipinski definition) is 2. The molecule has 0 aliphatic heterocycles. The van der Waals surface area contributed by atoms with E-state index in [-0.39, 0.29) is 0 Å². The van der Waals surface area contributed by atoms with Crippen molar-refractivity contribution in [1.82, 2.24) is 15.0 Å². The number of hydrogen-bond acceptors (Lipinski definition) is 3. The second kappa shape index (κ2) is 2.20. The van der Waals surface area contributed by atoms with Crippen molar-refractivity contribution in [1.29, 1.82) is 0 Å². The minimum Gasteiger partial charge on any atom is -0.383 e. The van der Waals surface area contributed by atoms with Crippen molar-refractivity contribution in [2.24, 2.45) is 0 Å². The Bertz CT molecular complexity index is 394. The fourth-order valence-corrected chi connectivity index (χ4v) is 1.34. The molecule has 2 aromatic rings. The first-order valence-corrected chi connectivity index (χ1v) is 3.81. The Balaban J connectivity index is 2.90. The van der Waals surface area contributed by atoms with Crippen LogP contribution in [0.3, 0.4) is 0 Å². The maximum absolute atomic E-state index is 5.58. The Morgan fingerprint density at radius 2 is 2.27 bits per heavy atom. The number of nitrogen functional groups attached to an aromatic ring is 1. The fourth-order valence-electron chi connectivity index (χ4n) is 0.927. The molecule has 2 heterocycles. The molecule has 0 saturated heterocycles. The van der Waals surface area contributed by atoms with Crippen LogP contribution in [0.25, 0.3) is 11.0 Å². The van der Waals surface area contributed by atoms with Crippen molar-refractivity contribution in [2.75, 3.05) is 5.73 Å². The van der Waals surface area contributed by atoms with Crippen LogP contribution in [0.5, 0.6) is 0 Å². The zero-order valence-corrected chi connectivity index (χ0v) is 7.09. The van der Waals surface area contributed by atoms with E-state index in [0.29, 0.717) is 5.82 Å². The first kappa shape index (κ1) is 6.60. The summed E-state index contributed by atoms with van der Waals surface area (Å²) in [5.74, 6) is 0.497. The van der Waals surface area contributed by atoms with Crippen molar-refractivity contribution in [3.63, 3.8) is 0 Å². The van der Waals surface area contributed by atoms with Gasteiger partial charge >= 0.3 is 0 Å². The normalized spacial score (nSPS) is 10.6. The van der Waals surface area contributed by atoms with Gasteiger partial charge in [-0.15, -0.1) is 0 Å². The number of rotatable bonds is 0. The molecule has 0 aliphatic carbocycles. The lowest BCUT2D eigenvalue weighted by Gasteiger charge is -1.90. The number of anilines is 1. The Morgan fingerprint density at radius 1 is 1.45 bits per heavy atom. The van der Waals surface area contributed by atoms with Crippen molar-refractivity contribution >= 4 is 32.8 Å². The molecule has 0 bridgehead atoms. The highest BCUT2D eigenvalue weighted by Crippen LogP contribution is 2.20. The van der Waals surface area contributed by atoms with E-state index < -0.39 is 0 Å². The number of halogens is 1. The number of nitrogens with zero attached hydrogens (tertiary/aromatic N) is 2. The molecule has 0 atom stereocenters. The molecule has 5 heteroatoms. The Morgan fingerprint density at radius 3 is 3.00 bits per heavy atom. The Kier molecular flexibility index (Phi) is 1.32. The lowest BCUT2D eigenvalue weighted by atomic mass is 10.4. The lowest BCUT2D eigenvalue weighted by molar-refractivity contribution is 1.20. The van der Waals surface area contributed by atoms with Gasteiger partial charge in [0.1, 0.15) is 17.8 Å². The molecule has 0 aromatic carbocycles. The SMILES string of the molecule is Nc1ncnc2[nH]c(Br)cc12. The number of fused-ring (bicyclic) bond motifs is 1. The number of nitrogens with one attached hydrogen (secondary N) is 1. The summed E-state index contributed by atoms with van der Waals surface area (Å²) >= 11 is 3.28. The molecular weight excluding hydrogens is 208 g/mol. The number of aromatic nitrogens is 3. The van der Waals surface area contributed by atoms with Gasteiger partial charge in [0.05, 0.1) is 9.99 Å². The fraction of sp³-hybridized carbons (Fsp3) is 0. The third-order valence-corrected chi connectivity index (χ3v) is 1.85. The molecule has 0 amide bonds. The van der Waals surface area contributed by atoms with Crippen LogP contribution >= 0.6 is 15.9 Å². The van der Waals surface area contributed by atoms with Gasteiger partial charge < -0.3 is 10.7 Å². The van der Waals surface area contributed by atoms with E-state index in [0.717, 1.165) is 15.6 Å². The van der Waals surface area contributed by atoms with E-state index in [1.54, 1.807) is 0 Å². The second-order valence-corrected chi connectivity index (χ2v) is 2.99. The minimum absolute atomic E-state index is 0.497. The van der Waals surface area contributed by atoms with Crippen LogP contribution in [0.1, 0.15) is 0 Å². The third-order valence-electron chi connectivity index (χ3n) is 1.42. The van der Waals surface area contributed by atoms with E-state index in [1.807, 2.05) is 6.07 Å². The molecular formula is C6H5BrN4. The monoisotopic (exact) mass is 212 g/mol. The van der Waals surface area contributed by atoms with Gasteiger partial charge in [-0.2, -0.15) is 0 Å². The molecule has 56 valence electrons. The van der Waals surface area contributed by atoms with Crippen molar-refractivity contribution < 1.29 is 0 Å². The predicted molar refractivity (Wildman–Crippen MR) is 46.0 cm³/mol. The summed E-state index contributed by atoms with van der Waals surface area (Å²) < 4.78 is 0.861. The van der Waals surface area contributed by atoms with Gasteiger partial charge in [-0.25, -0.2) is 9.97 Å². The summed E-state index contributed by atoms with van der Waals surface area (Å²) in [5.41, 5.74) is 6.33. The van der Waals surface area contributed by atoms with Gasteiger partial charge in [0, 0.05) is 0 Å². The molecule has 2 rings (SSSR count). The summed E-state index contributed by atoms with van der Waals surface area (Å²) in [6.45, 7) is 0. The average Bonchev–Trinajstić information content (AvgIpc) is 2.31. The van der Waals surface area contributed by atoms with E-state index in [4.69, 9.17) is 5.73 Å². The van der Waals surface area contributed by atoms with Gasteiger partial charge in [-0.05, 0) is 22.0 Å². The van der Waals surface area contributed by atoms with E-state index in [2.05, 4.69) is 30.9 Å². The molecule has 0 fully saturated rings. The summed E-state index contributed by atoms with van der Waals surface area (Å²) in [7, 11) is 0. The molecule has 0 unspecified atom stereocenters. The predicted octanol–water partition coefficient (Wildman–Crippen LogP) is 1.30. The van der Waals surface area contributed by atoms with Gasteiger partial charge in [0.2, 0.25) is 0 Å². The topological polar surface area (TPSA) is 67.6 Å². The van der Waals surface area contributed by atoms with Gasteiger partial charge in [-0.3, -0.25) is 0 Å². The average molecular weight is 213 g/mol. The molecule has 0 saturated carbocycles. The first-order valence-electron chi connectivity index (χ1n) is 3.02. The lowest BCUT2D eigenvalue weighted by Crippen LogP contribution is -1.90. The summed E-state index contributed by atoms with van der Waals surface area (Å²) in [6, 6.07) is 1.85. The van der Waals surface area contributed by atoms with Crippen LogP contribution < -0.4 is 5.73 Å². The van der Waals surface area contributed by atoms with Gasteiger partial charge in [0.25, 0.3) is 0 Å². The first-order chi connectivity index (χ1) is 5.27. The Hall–Kier alpha value is -1.10. The van der Waals surface area contributed by atoms with Gasteiger partial charge in [0.15, 0.2) is 0 Å². The quantitative estimate of drug-likeness (QED) is 0.692. The largest absolute Gasteiger partial charge is 0.383 e. The highest BCUT2D eigenvalue weighted by Gasteiger charge is 2.01. The maximum atomic E-state index is 5.58. The summed E-state index contributed by atoms with van der Waals surface area (Å²) in [4.78, 5) is 10.8. The van der Waals surface area contributed by atoms with Gasteiger partial charge in [-0.1, -0.05) is 0 Å². The van der Waals surface area contributed by atoms with Crippen LogP contribution in [-0.4, -0.2) is 15.0 Å². The second-order valence-electron chi connectivity index (χ2n) is 2.14. The number of nitrogens with two attached hydrogens (primary N) is 1. The number of H-pyrrole nitrogens is 1. The highest BCUT2D eigenvalue weighted by atomic mass is 79.9. The minimum atomic E-state index is 0.497. The number of aromatic amines is 1. The van der Waals surface area contributed by atoms with E-state index in [1.165, 1.54) is 6.33 Å². The molecule has 2 aromatic heterocycles. The molecule has 0 radical (unpaired) electrons. The van der Waals surface area contributed by atoms with E-state index >= 15 is 0 Å². The highest BCUT2D eigenvalue weighted by molar-refractivity contribution is 9.10. The van der Waals surface area contributed by atoms with Crippen molar-refractivity contribution in [2.45, 2.75) is 0 Å². The summed E-state index contributed by atoms with van der Waals surface area (Å²) in [5, 5.41) is 0.847. The van der Waals surface area contributed by atoms with Crippen LogP contribution in [0, 0.1) is 0 Å². The molecule has 3 N–H and O–H groups in total. The third kappa shape index (κ3) is 0.970. The van der Waals surface area contributed by atoms with E-state index in [9.17, 15) is 0 Å². The summed E-state index contributed by atoms with van der Waals surface area (Å²) in [6.07, 6.45) is 1.43. The molecule has 0 aliphatic rings. The van der Waals surface area contributed by atoms with Crippen molar-refractivity contribution in [3.05, 3.63) is 17.0 Å².